The Balaban J connectivity index is 1.56. The number of nitrogens with one attached hydrogen (secondary N) is 1. The second-order valence-electron chi connectivity index (χ2n) is 4.76. The summed E-state index contributed by atoms with van der Waals surface area (Å²) in [6, 6.07) is 0.693. The van der Waals surface area contributed by atoms with Gasteiger partial charge in [0.2, 0.25) is 0 Å². The fraction of sp³-hybridized carbons (Fsp3) is 1.00. The molecule has 76 valence electrons. The summed E-state index contributed by atoms with van der Waals surface area (Å²) in [6.07, 6.45) is 5.75. The Morgan fingerprint density at radius 2 is 2.00 bits per heavy atom. The minimum Gasteiger partial charge on any atom is -0.313 e. The second-order valence-corrected chi connectivity index (χ2v) is 4.76. The van der Waals surface area contributed by atoms with Crippen molar-refractivity contribution in [2.75, 3.05) is 26.2 Å². The van der Waals surface area contributed by atoms with E-state index in [9.17, 15) is 0 Å². The van der Waals surface area contributed by atoms with Crippen LogP contribution in [0.5, 0.6) is 0 Å². The largest absolute Gasteiger partial charge is 0.313 e. The van der Waals surface area contributed by atoms with Crippen LogP contribution in [-0.4, -0.2) is 37.1 Å². The van der Waals surface area contributed by atoms with Crippen LogP contribution in [0.15, 0.2) is 0 Å². The Morgan fingerprint density at radius 1 is 1.31 bits per heavy atom. The lowest BCUT2D eigenvalue weighted by Crippen LogP contribution is -2.38. The third-order valence-corrected chi connectivity index (χ3v) is 3.18. The SMILES string of the molecule is CC(CN1CCCC1)NCC1CC1. The van der Waals surface area contributed by atoms with Gasteiger partial charge in [-0.25, -0.2) is 0 Å². The quantitative estimate of drug-likeness (QED) is 0.692. The van der Waals surface area contributed by atoms with Crippen molar-refractivity contribution in [1.82, 2.24) is 10.2 Å². The first kappa shape index (κ1) is 9.47. The molecule has 13 heavy (non-hydrogen) atoms. The Bertz CT molecular complexity index is 148. The van der Waals surface area contributed by atoms with Crippen molar-refractivity contribution in [3.8, 4) is 0 Å². The summed E-state index contributed by atoms with van der Waals surface area (Å²) < 4.78 is 0. The molecular formula is C11H22N2. The van der Waals surface area contributed by atoms with Crippen molar-refractivity contribution in [1.29, 1.82) is 0 Å². The van der Waals surface area contributed by atoms with E-state index in [1.165, 1.54) is 51.9 Å². The lowest BCUT2D eigenvalue weighted by Gasteiger charge is -2.21. The monoisotopic (exact) mass is 182 g/mol. The van der Waals surface area contributed by atoms with Crippen LogP contribution in [-0.2, 0) is 0 Å². The van der Waals surface area contributed by atoms with Crippen molar-refractivity contribution >= 4 is 0 Å². The van der Waals surface area contributed by atoms with E-state index in [2.05, 4.69) is 17.1 Å². The minimum absolute atomic E-state index is 0.693. The second kappa shape index (κ2) is 4.43. The highest BCUT2D eigenvalue weighted by atomic mass is 15.2. The summed E-state index contributed by atoms with van der Waals surface area (Å²) >= 11 is 0. The Morgan fingerprint density at radius 3 is 2.62 bits per heavy atom. The third-order valence-electron chi connectivity index (χ3n) is 3.18. The molecule has 2 rings (SSSR count). The van der Waals surface area contributed by atoms with Crippen LogP contribution >= 0.6 is 0 Å². The number of hydrogen-bond acceptors (Lipinski definition) is 2. The zero-order valence-corrected chi connectivity index (χ0v) is 8.76. The fourth-order valence-electron chi connectivity index (χ4n) is 2.11. The summed E-state index contributed by atoms with van der Waals surface area (Å²) in [4.78, 5) is 2.59. The van der Waals surface area contributed by atoms with E-state index >= 15 is 0 Å². The summed E-state index contributed by atoms with van der Waals surface area (Å²) in [5.74, 6) is 1.01. The maximum atomic E-state index is 3.63. The average Bonchev–Trinajstić information content (AvgIpc) is 2.82. The highest BCUT2D eigenvalue weighted by molar-refractivity contribution is 4.78. The topological polar surface area (TPSA) is 15.3 Å². The summed E-state index contributed by atoms with van der Waals surface area (Å²) in [5, 5.41) is 3.63. The summed E-state index contributed by atoms with van der Waals surface area (Å²) in [6.45, 7) is 7.49. The smallest absolute Gasteiger partial charge is 0.0166 e. The Labute approximate surface area is 81.7 Å². The predicted molar refractivity (Wildman–Crippen MR) is 55.9 cm³/mol. The maximum Gasteiger partial charge on any atom is 0.0166 e. The lowest BCUT2D eigenvalue weighted by molar-refractivity contribution is 0.297. The molecule has 0 spiro atoms. The maximum absolute atomic E-state index is 3.63. The first-order valence-electron chi connectivity index (χ1n) is 5.80. The molecule has 1 aliphatic carbocycles. The van der Waals surface area contributed by atoms with E-state index < -0.39 is 0 Å². The Hall–Kier alpha value is -0.0800. The third kappa shape index (κ3) is 3.28. The lowest BCUT2D eigenvalue weighted by atomic mass is 10.3. The molecule has 0 aromatic heterocycles. The van der Waals surface area contributed by atoms with Gasteiger partial charge in [-0.15, -0.1) is 0 Å². The molecule has 2 nitrogen and oxygen atoms in total. The van der Waals surface area contributed by atoms with Gasteiger partial charge in [0.05, 0.1) is 0 Å². The van der Waals surface area contributed by atoms with Gasteiger partial charge >= 0.3 is 0 Å². The van der Waals surface area contributed by atoms with Gasteiger partial charge in [-0.2, -0.15) is 0 Å². The van der Waals surface area contributed by atoms with Crippen LogP contribution in [0.1, 0.15) is 32.6 Å². The minimum atomic E-state index is 0.693. The molecule has 2 heteroatoms. The van der Waals surface area contributed by atoms with Crippen LogP contribution in [0.4, 0.5) is 0 Å². The summed E-state index contributed by atoms with van der Waals surface area (Å²) in [5.41, 5.74) is 0. The van der Waals surface area contributed by atoms with Gasteiger partial charge in [-0.3, -0.25) is 0 Å². The zero-order valence-electron chi connectivity index (χ0n) is 8.76. The molecule has 1 unspecified atom stereocenters. The molecular weight excluding hydrogens is 160 g/mol. The van der Waals surface area contributed by atoms with E-state index in [4.69, 9.17) is 0 Å². The van der Waals surface area contributed by atoms with E-state index in [1.54, 1.807) is 0 Å². The molecule has 1 atom stereocenters. The van der Waals surface area contributed by atoms with Crippen LogP contribution in [0.3, 0.4) is 0 Å². The van der Waals surface area contributed by atoms with Gasteiger partial charge in [0, 0.05) is 12.6 Å². The van der Waals surface area contributed by atoms with Gasteiger partial charge in [0.25, 0.3) is 0 Å². The first-order valence-corrected chi connectivity index (χ1v) is 5.80. The molecule has 2 fully saturated rings. The van der Waals surface area contributed by atoms with E-state index in [0.717, 1.165) is 5.92 Å². The van der Waals surface area contributed by atoms with Crippen molar-refractivity contribution in [2.24, 2.45) is 5.92 Å². The fourth-order valence-corrected chi connectivity index (χ4v) is 2.11. The number of rotatable bonds is 5. The number of nitrogens with zero attached hydrogens (tertiary/aromatic N) is 1. The molecule has 0 radical (unpaired) electrons. The highest BCUT2D eigenvalue weighted by Gasteiger charge is 2.22. The molecule has 1 aliphatic heterocycles. The van der Waals surface area contributed by atoms with E-state index in [0.29, 0.717) is 6.04 Å². The zero-order chi connectivity index (χ0) is 9.10. The van der Waals surface area contributed by atoms with Crippen molar-refractivity contribution in [3.63, 3.8) is 0 Å². The van der Waals surface area contributed by atoms with Gasteiger partial charge in [-0.1, -0.05) is 0 Å². The molecule has 0 amide bonds. The Kier molecular flexibility index (Phi) is 3.23. The summed E-state index contributed by atoms with van der Waals surface area (Å²) in [7, 11) is 0. The molecule has 0 aromatic rings. The van der Waals surface area contributed by atoms with Gasteiger partial charge in [-0.05, 0) is 58.2 Å². The van der Waals surface area contributed by atoms with Crippen LogP contribution < -0.4 is 5.32 Å². The van der Waals surface area contributed by atoms with E-state index in [-0.39, 0.29) is 0 Å². The van der Waals surface area contributed by atoms with Gasteiger partial charge < -0.3 is 10.2 Å². The van der Waals surface area contributed by atoms with Crippen LogP contribution in [0.25, 0.3) is 0 Å². The highest BCUT2D eigenvalue weighted by Crippen LogP contribution is 2.27. The van der Waals surface area contributed by atoms with Crippen LogP contribution in [0, 0.1) is 5.92 Å². The van der Waals surface area contributed by atoms with E-state index in [1.807, 2.05) is 0 Å². The normalized spacial score (nSPS) is 26.5. The molecule has 1 N–H and O–H groups in total. The molecule has 1 saturated heterocycles. The molecule has 0 bridgehead atoms. The van der Waals surface area contributed by atoms with Crippen molar-refractivity contribution in [3.05, 3.63) is 0 Å². The average molecular weight is 182 g/mol. The van der Waals surface area contributed by atoms with Crippen LogP contribution in [0.2, 0.25) is 0 Å². The first-order chi connectivity index (χ1) is 6.34. The number of likely N-dealkylation sites (tertiary alicyclic amines) is 1. The molecule has 1 saturated carbocycles. The standard InChI is InChI=1S/C11H22N2/c1-10(12-8-11-4-5-11)9-13-6-2-3-7-13/h10-12H,2-9H2,1H3. The van der Waals surface area contributed by atoms with Gasteiger partial charge in [0.1, 0.15) is 0 Å². The molecule has 1 heterocycles. The predicted octanol–water partition coefficient (Wildman–Crippen LogP) is 1.47. The van der Waals surface area contributed by atoms with Crippen molar-refractivity contribution < 1.29 is 0 Å². The number of hydrogen-bond donors (Lipinski definition) is 1. The van der Waals surface area contributed by atoms with Gasteiger partial charge in [0.15, 0.2) is 0 Å². The molecule has 2 aliphatic rings. The van der Waals surface area contributed by atoms with Crippen molar-refractivity contribution in [2.45, 2.75) is 38.6 Å². The molecule has 0 aromatic carbocycles.